The van der Waals surface area contributed by atoms with E-state index >= 15 is 0 Å². The molecule has 10 heteroatoms. The third kappa shape index (κ3) is 4.42. The van der Waals surface area contributed by atoms with Crippen molar-refractivity contribution in [2.24, 2.45) is 0 Å². The van der Waals surface area contributed by atoms with Crippen LogP contribution in [0.3, 0.4) is 0 Å². The van der Waals surface area contributed by atoms with E-state index in [2.05, 4.69) is 14.5 Å². The third-order valence-electron chi connectivity index (χ3n) is 2.13. The van der Waals surface area contributed by atoms with E-state index in [9.17, 15) is 26.7 Å². The highest BCUT2D eigenvalue weighted by Gasteiger charge is 2.34. The highest BCUT2D eigenvalue weighted by Crippen LogP contribution is 2.35. The fourth-order valence-electron chi connectivity index (χ4n) is 1.35. The molecule has 4 nitrogen and oxygen atoms in total. The van der Waals surface area contributed by atoms with E-state index in [-0.39, 0.29) is 3.70 Å². The SMILES string of the molecule is COC(=O)Cc1c(OC(F)(F)F)cnc(I)c1C(F)F. The number of carbonyl (C=O) groups excluding carboxylic acids is 1. The Kier molecular flexibility index (Phi) is 5.48. The molecule has 0 bridgehead atoms. The van der Waals surface area contributed by atoms with Crippen LogP contribution >= 0.6 is 22.6 Å². The number of rotatable bonds is 4. The van der Waals surface area contributed by atoms with Crippen LogP contribution in [0.2, 0.25) is 0 Å². The monoisotopic (exact) mass is 411 g/mol. The molecule has 0 spiro atoms. The molecule has 0 atom stereocenters. The first-order valence-electron chi connectivity index (χ1n) is 4.93. The molecule has 0 aromatic carbocycles. The number of hydrogen-bond acceptors (Lipinski definition) is 4. The number of aromatic nitrogens is 1. The summed E-state index contributed by atoms with van der Waals surface area (Å²) in [5, 5.41) is 0. The van der Waals surface area contributed by atoms with Gasteiger partial charge in [-0.05, 0) is 22.6 Å². The van der Waals surface area contributed by atoms with E-state index in [0.717, 1.165) is 7.11 Å². The summed E-state index contributed by atoms with van der Waals surface area (Å²) >= 11 is 1.43. The second-order valence-corrected chi connectivity index (χ2v) is 4.43. The fourth-order valence-corrected chi connectivity index (χ4v) is 2.05. The second kappa shape index (κ2) is 6.50. The number of nitrogens with zero attached hydrogens (tertiary/aromatic N) is 1. The maximum atomic E-state index is 12.9. The van der Waals surface area contributed by atoms with Crippen molar-refractivity contribution in [1.29, 1.82) is 0 Å². The van der Waals surface area contributed by atoms with Crippen LogP contribution in [-0.4, -0.2) is 24.4 Å². The minimum Gasteiger partial charge on any atom is -0.469 e. The zero-order chi connectivity index (χ0) is 15.5. The molecule has 0 aliphatic carbocycles. The van der Waals surface area contributed by atoms with Crippen molar-refractivity contribution in [3.63, 3.8) is 0 Å². The van der Waals surface area contributed by atoms with Crippen LogP contribution in [0.15, 0.2) is 6.20 Å². The van der Waals surface area contributed by atoms with Crippen molar-refractivity contribution in [3.8, 4) is 5.75 Å². The van der Waals surface area contributed by atoms with Crippen molar-refractivity contribution >= 4 is 28.6 Å². The number of pyridine rings is 1. The van der Waals surface area contributed by atoms with Crippen molar-refractivity contribution in [2.45, 2.75) is 19.2 Å². The van der Waals surface area contributed by atoms with Gasteiger partial charge in [-0.2, -0.15) is 0 Å². The molecule has 1 rings (SSSR count). The Morgan fingerprint density at radius 2 is 2.05 bits per heavy atom. The van der Waals surface area contributed by atoms with Gasteiger partial charge in [0.05, 0.1) is 25.3 Å². The largest absolute Gasteiger partial charge is 0.573 e. The highest BCUT2D eigenvalue weighted by atomic mass is 127. The van der Waals surface area contributed by atoms with Crippen LogP contribution < -0.4 is 4.74 Å². The molecule has 0 radical (unpaired) electrons. The normalized spacial score (nSPS) is 11.6. The topological polar surface area (TPSA) is 48.4 Å². The molecule has 0 aliphatic rings. The van der Waals surface area contributed by atoms with E-state index in [0.29, 0.717) is 6.20 Å². The number of esters is 1. The van der Waals surface area contributed by atoms with Gasteiger partial charge in [-0.1, -0.05) is 0 Å². The lowest BCUT2D eigenvalue weighted by molar-refractivity contribution is -0.275. The first kappa shape index (κ1) is 16.9. The first-order chi connectivity index (χ1) is 9.15. The summed E-state index contributed by atoms with van der Waals surface area (Å²) in [4.78, 5) is 14.6. The van der Waals surface area contributed by atoms with Crippen LogP contribution in [0.4, 0.5) is 22.0 Å². The highest BCUT2D eigenvalue weighted by molar-refractivity contribution is 14.1. The predicted octanol–water partition coefficient (Wildman–Crippen LogP) is 3.24. The summed E-state index contributed by atoms with van der Waals surface area (Å²) in [6.45, 7) is 0. The average Bonchev–Trinajstić information content (AvgIpc) is 2.30. The molecule has 20 heavy (non-hydrogen) atoms. The van der Waals surface area contributed by atoms with E-state index in [4.69, 9.17) is 0 Å². The maximum Gasteiger partial charge on any atom is 0.573 e. The zero-order valence-electron chi connectivity index (χ0n) is 9.80. The number of alkyl halides is 5. The Morgan fingerprint density at radius 1 is 1.45 bits per heavy atom. The van der Waals surface area contributed by atoms with Gasteiger partial charge in [0.1, 0.15) is 3.70 Å². The van der Waals surface area contributed by atoms with E-state index in [1.165, 1.54) is 22.6 Å². The molecule has 0 aliphatic heterocycles. The van der Waals surface area contributed by atoms with Gasteiger partial charge in [0, 0.05) is 5.56 Å². The molecule has 1 aromatic heterocycles. The van der Waals surface area contributed by atoms with Crippen molar-refractivity contribution in [2.75, 3.05) is 7.11 Å². The van der Waals surface area contributed by atoms with Crippen LogP contribution in [0.5, 0.6) is 5.75 Å². The second-order valence-electron chi connectivity index (χ2n) is 3.41. The van der Waals surface area contributed by atoms with E-state index < -0.39 is 42.1 Å². The number of ether oxygens (including phenoxy) is 2. The first-order valence-corrected chi connectivity index (χ1v) is 6.01. The number of carbonyl (C=O) groups is 1. The van der Waals surface area contributed by atoms with Crippen LogP contribution in [-0.2, 0) is 16.0 Å². The molecule has 0 amide bonds. The molecule has 0 fully saturated rings. The van der Waals surface area contributed by atoms with Gasteiger partial charge in [0.15, 0.2) is 5.75 Å². The fraction of sp³-hybridized carbons (Fsp3) is 0.400. The number of methoxy groups -OCH3 is 1. The molecule has 1 aromatic rings. The van der Waals surface area contributed by atoms with Gasteiger partial charge in [-0.25, -0.2) is 13.8 Å². The lowest BCUT2D eigenvalue weighted by atomic mass is 10.1. The average molecular weight is 411 g/mol. The standard InChI is InChI=1S/C10H7F5INO3/c1-19-6(18)2-4-5(20-10(13,14)15)3-17-9(16)7(4)8(11)12/h3,8H,2H2,1H3. The number of halogens is 6. The Labute approximate surface area is 123 Å². The van der Waals surface area contributed by atoms with Gasteiger partial charge in [-0.15, -0.1) is 13.2 Å². The Hall–Kier alpha value is -1.20. The molecule has 1 heterocycles. The number of hydrogen-bond donors (Lipinski definition) is 0. The molecule has 0 N–H and O–H groups in total. The summed E-state index contributed by atoms with van der Waals surface area (Å²) in [6, 6.07) is 0. The molecule has 0 unspecified atom stereocenters. The quantitative estimate of drug-likeness (QED) is 0.331. The molecule has 0 saturated carbocycles. The zero-order valence-corrected chi connectivity index (χ0v) is 12.0. The predicted molar refractivity (Wildman–Crippen MR) is 64.3 cm³/mol. The van der Waals surface area contributed by atoms with Gasteiger partial charge in [0.25, 0.3) is 6.43 Å². The summed E-state index contributed by atoms with van der Waals surface area (Å²) in [5.74, 6) is -1.92. The molecular weight excluding hydrogens is 404 g/mol. The lowest BCUT2D eigenvalue weighted by Gasteiger charge is -2.16. The summed E-state index contributed by atoms with van der Waals surface area (Å²) < 4.78 is 70.2. The smallest absolute Gasteiger partial charge is 0.469 e. The van der Waals surface area contributed by atoms with Crippen LogP contribution in [0.25, 0.3) is 0 Å². The minimum atomic E-state index is -5.08. The van der Waals surface area contributed by atoms with Gasteiger partial charge in [0.2, 0.25) is 0 Å². The van der Waals surface area contributed by atoms with Gasteiger partial charge >= 0.3 is 12.3 Å². The summed E-state index contributed by atoms with van der Waals surface area (Å²) in [5.41, 5.74) is -1.37. The van der Waals surface area contributed by atoms with Gasteiger partial charge in [-0.3, -0.25) is 4.79 Å². The van der Waals surface area contributed by atoms with Crippen molar-refractivity contribution < 1.29 is 36.2 Å². The summed E-state index contributed by atoms with van der Waals surface area (Å²) in [7, 11) is 0.987. The van der Waals surface area contributed by atoms with Gasteiger partial charge < -0.3 is 9.47 Å². The molecular formula is C10H7F5INO3. The van der Waals surface area contributed by atoms with E-state index in [1.54, 1.807) is 0 Å². The maximum absolute atomic E-state index is 12.9. The Morgan fingerprint density at radius 3 is 2.50 bits per heavy atom. The lowest BCUT2D eigenvalue weighted by Crippen LogP contribution is -2.20. The minimum absolute atomic E-state index is 0.217. The molecule has 0 saturated heterocycles. The third-order valence-corrected chi connectivity index (χ3v) is 2.99. The molecule has 112 valence electrons. The van der Waals surface area contributed by atoms with Crippen molar-refractivity contribution in [3.05, 3.63) is 21.0 Å². The van der Waals surface area contributed by atoms with E-state index in [1.807, 2.05) is 0 Å². The van der Waals surface area contributed by atoms with Crippen LogP contribution in [0, 0.1) is 3.70 Å². The van der Waals surface area contributed by atoms with Crippen molar-refractivity contribution in [1.82, 2.24) is 4.98 Å². The Balaban J connectivity index is 3.36. The Bertz CT molecular complexity index is 506. The summed E-state index contributed by atoms with van der Waals surface area (Å²) in [6.07, 6.45) is -8.33. The van der Waals surface area contributed by atoms with Crippen LogP contribution in [0.1, 0.15) is 17.6 Å².